The highest BCUT2D eigenvalue weighted by molar-refractivity contribution is 5.95. The second kappa shape index (κ2) is 3.22. The first-order valence-corrected chi connectivity index (χ1v) is 4.88. The quantitative estimate of drug-likeness (QED) is 0.727. The van der Waals surface area contributed by atoms with Crippen LogP contribution in [0.1, 0.15) is 30.1 Å². The molecule has 0 heterocycles. The van der Waals surface area contributed by atoms with Crippen LogP contribution >= 0.6 is 0 Å². The van der Waals surface area contributed by atoms with Crippen LogP contribution in [0.2, 0.25) is 0 Å². The first kappa shape index (κ1) is 9.96. The van der Waals surface area contributed by atoms with Gasteiger partial charge < -0.3 is 11.1 Å². The summed E-state index contributed by atoms with van der Waals surface area (Å²) in [6, 6.07) is 4.00. The molecular weight excluding hydrogens is 195 g/mol. The lowest BCUT2D eigenvalue weighted by atomic mass is 10.1. The largest absolute Gasteiger partial charge is 0.396 e. The molecule has 1 fully saturated rings. The summed E-state index contributed by atoms with van der Waals surface area (Å²) < 4.78 is 12.9. The minimum atomic E-state index is -0.496. The number of amides is 1. The van der Waals surface area contributed by atoms with Crippen LogP contribution in [0, 0.1) is 5.82 Å². The van der Waals surface area contributed by atoms with Crippen LogP contribution in [-0.4, -0.2) is 11.4 Å². The maximum Gasteiger partial charge on any atom is 0.251 e. The van der Waals surface area contributed by atoms with Gasteiger partial charge in [-0.2, -0.15) is 0 Å². The summed E-state index contributed by atoms with van der Waals surface area (Å²) in [5.41, 5.74) is 5.72. The second-order valence-corrected chi connectivity index (χ2v) is 4.25. The topological polar surface area (TPSA) is 55.1 Å². The highest BCUT2D eigenvalue weighted by Crippen LogP contribution is 2.34. The Labute approximate surface area is 87.5 Å². The van der Waals surface area contributed by atoms with Crippen LogP contribution in [0.25, 0.3) is 0 Å². The molecule has 0 unspecified atom stereocenters. The van der Waals surface area contributed by atoms with Crippen molar-refractivity contribution < 1.29 is 9.18 Å². The zero-order chi connectivity index (χ0) is 11.1. The third-order valence-corrected chi connectivity index (χ3v) is 2.67. The van der Waals surface area contributed by atoms with Gasteiger partial charge in [-0.05, 0) is 38.0 Å². The number of rotatable bonds is 2. The van der Waals surface area contributed by atoms with Crippen LogP contribution in [0.15, 0.2) is 18.2 Å². The van der Waals surface area contributed by atoms with E-state index in [9.17, 15) is 9.18 Å². The van der Waals surface area contributed by atoms with Crippen molar-refractivity contribution in [3.05, 3.63) is 29.6 Å². The molecule has 0 aliphatic heterocycles. The van der Waals surface area contributed by atoms with Gasteiger partial charge in [-0.25, -0.2) is 4.39 Å². The zero-order valence-corrected chi connectivity index (χ0v) is 8.51. The molecule has 0 spiro atoms. The SMILES string of the molecule is CC1(NC(=O)c2ccc(F)c(N)c2)CC1. The van der Waals surface area contributed by atoms with Crippen molar-refractivity contribution >= 4 is 11.6 Å². The van der Waals surface area contributed by atoms with Gasteiger partial charge in [0.15, 0.2) is 0 Å². The molecule has 1 saturated carbocycles. The van der Waals surface area contributed by atoms with Gasteiger partial charge in [0.2, 0.25) is 0 Å². The fourth-order valence-electron chi connectivity index (χ4n) is 1.34. The molecule has 0 aromatic heterocycles. The van der Waals surface area contributed by atoms with E-state index in [1.807, 2.05) is 6.92 Å². The first-order chi connectivity index (χ1) is 7.00. The van der Waals surface area contributed by atoms with E-state index in [1.165, 1.54) is 18.2 Å². The minimum absolute atomic E-state index is 0.00333. The highest BCUT2D eigenvalue weighted by atomic mass is 19.1. The molecule has 2 rings (SSSR count). The summed E-state index contributed by atoms with van der Waals surface area (Å²) in [5.74, 6) is -0.689. The predicted octanol–water partition coefficient (Wildman–Crippen LogP) is 1.69. The number of carbonyl (C=O) groups is 1. The van der Waals surface area contributed by atoms with Crippen LogP contribution in [-0.2, 0) is 0 Å². The van der Waals surface area contributed by atoms with E-state index in [0.29, 0.717) is 5.56 Å². The Kier molecular flexibility index (Phi) is 2.14. The van der Waals surface area contributed by atoms with Crippen molar-refractivity contribution in [2.45, 2.75) is 25.3 Å². The predicted molar refractivity (Wildman–Crippen MR) is 55.9 cm³/mol. The lowest BCUT2D eigenvalue weighted by Gasteiger charge is -2.11. The molecule has 0 radical (unpaired) electrons. The van der Waals surface area contributed by atoms with Gasteiger partial charge >= 0.3 is 0 Å². The normalized spacial score (nSPS) is 17.2. The lowest BCUT2D eigenvalue weighted by molar-refractivity contribution is 0.0935. The summed E-state index contributed by atoms with van der Waals surface area (Å²) in [6.45, 7) is 1.98. The molecule has 3 nitrogen and oxygen atoms in total. The summed E-state index contributed by atoms with van der Waals surface area (Å²) in [6.07, 6.45) is 1.99. The van der Waals surface area contributed by atoms with E-state index >= 15 is 0 Å². The average Bonchev–Trinajstić information content (AvgIpc) is 2.88. The van der Waals surface area contributed by atoms with Gasteiger partial charge in [-0.15, -0.1) is 0 Å². The van der Waals surface area contributed by atoms with E-state index in [2.05, 4.69) is 5.32 Å². The van der Waals surface area contributed by atoms with Crippen LogP contribution < -0.4 is 11.1 Å². The standard InChI is InChI=1S/C11H13FN2O/c1-11(4-5-11)14-10(15)7-2-3-8(12)9(13)6-7/h2-3,6H,4-5,13H2,1H3,(H,14,15). The van der Waals surface area contributed by atoms with Crippen molar-refractivity contribution in [1.82, 2.24) is 5.32 Å². The number of halogens is 1. The van der Waals surface area contributed by atoms with E-state index in [4.69, 9.17) is 5.73 Å². The average molecular weight is 208 g/mol. The molecule has 0 atom stereocenters. The monoisotopic (exact) mass is 208 g/mol. The smallest absolute Gasteiger partial charge is 0.251 e. The number of nitrogen functional groups attached to an aromatic ring is 1. The number of nitrogens with two attached hydrogens (primary N) is 1. The van der Waals surface area contributed by atoms with Gasteiger partial charge in [-0.3, -0.25) is 4.79 Å². The molecule has 1 aromatic carbocycles. The molecule has 1 amide bonds. The third kappa shape index (κ3) is 2.09. The fourth-order valence-corrected chi connectivity index (χ4v) is 1.34. The third-order valence-electron chi connectivity index (χ3n) is 2.67. The molecule has 80 valence electrons. The minimum Gasteiger partial charge on any atom is -0.396 e. The molecule has 3 N–H and O–H groups in total. The molecule has 1 aromatic rings. The Morgan fingerprint density at radius 2 is 2.20 bits per heavy atom. The Morgan fingerprint density at radius 3 is 2.73 bits per heavy atom. The number of benzene rings is 1. The van der Waals surface area contributed by atoms with Crippen LogP contribution in [0.4, 0.5) is 10.1 Å². The Hall–Kier alpha value is -1.58. The van der Waals surface area contributed by atoms with Crippen LogP contribution in [0.3, 0.4) is 0 Å². The number of hydrogen-bond acceptors (Lipinski definition) is 2. The number of hydrogen-bond donors (Lipinski definition) is 2. The van der Waals surface area contributed by atoms with E-state index in [0.717, 1.165) is 12.8 Å². The number of nitrogens with one attached hydrogen (secondary N) is 1. The summed E-state index contributed by atoms with van der Waals surface area (Å²) >= 11 is 0. The Balaban J connectivity index is 2.15. The first-order valence-electron chi connectivity index (χ1n) is 4.88. The summed E-state index contributed by atoms with van der Waals surface area (Å²) in [7, 11) is 0. The Bertz CT molecular complexity index is 413. The fraction of sp³-hybridized carbons (Fsp3) is 0.364. The van der Waals surface area contributed by atoms with Gasteiger partial charge in [0.1, 0.15) is 5.82 Å². The highest BCUT2D eigenvalue weighted by Gasteiger charge is 2.38. The van der Waals surface area contributed by atoms with Crippen LogP contribution in [0.5, 0.6) is 0 Å². The molecule has 0 bridgehead atoms. The van der Waals surface area contributed by atoms with Crippen molar-refractivity contribution in [2.24, 2.45) is 0 Å². The van der Waals surface area contributed by atoms with E-state index in [1.54, 1.807) is 0 Å². The number of anilines is 1. The van der Waals surface area contributed by atoms with E-state index < -0.39 is 5.82 Å². The molecule has 15 heavy (non-hydrogen) atoms. The second-order valence-electron chi connectivity index (χ2n) is 4.25. The molecule has 4 heteroatoms. The van der Waals surface area contributed by atoms with Crippen molar-refractivity contribution in [3.8, 4) is 0 Å². The maximum atomic E-state index is 12.9. The molecular formula is C11H13FN2O. The van der Waals surface area contributed by atoms with Gasteiger partial charge in [0.05, 0.1) is 5.69 Å². The summed E-state index contributed by atoms with van der Waals surface area (Å²) in [5, 5.41) is 2.88. The molecule has 0 saturated heterocycles. The molecule has 1 aliphatic carbocycles. The Morgan fingerprint density at radius 1 is 1.53 bits per heavy atom. The van der Waals surface area contributed by atoms with E-state index in [-0.39, 0.29) is 17.1 Å². The summed E-state index contributed by atoms with van der Waals surface area (Å²) in [4.78, 5) is 11.7. The lowest BCUT2D eigenvalue weighted by Crippen LogP contribution is -2.34. The van der Waals surface area contributed by atoms with Gasteiger partial charge in [-0.1, -0.05) is 0 Å². The van der Waals surface area contributed by atoms with Gasteiger partial charge in [0, 0.05) is 11.1 Å². The number of carbonyl (C=O) groups excluding carboxylic acids is 1. The van der Waals surface area contributed by atoms with Crippen molar-refractivity contribution in [2.75, 3.05) is 5.73 Å². The van der Waals surface area contributed by atoms with Gasteiger partial charge in [0.25, 0.3) is 5.91 Å². The molecule has 1 aliphatic rings. The zero-order valence-electron chi connectivity index (χ0n) is 8.51. The van der Waals surface area contributed by atoms with Crippen molar-refractivity contribution in [1.29, 1.82) is 0 Å². The maximum absolute atomic E-state index is 12.9. The van der Waals surface area contributed by atoms with Crippen molar-refractivity contribution in [3.63, 3.8) is 0 Å².